The van der Waals surface area contributed by atoms with E-state index in [1.807, 2.05) is 0 Å². The molecule has 0 aliphatic heterocycles. The van der Waals surface area contributed by atoms with E-state index in [-0.39, 0.29) is 25.7 Å². The summed E-state index contributed by atoms with van der Waals surface area (Å²) in [5, 5.41) is 10.6. The first-order chi connectivity index (χ1) is 48.3. The minimum atomic E-state index is -4.96. The standard InChI is InChI=1S/C81H158O17P2/c1-8-10-11-12-13-14-15-16-17-23-26-29-35-40-48-55-62-78(83)91-68-76(97-80(85)64-57-50-41-36-30-27-24-21-19-18-20-22-25-28-33-38-45-52-59-72(3)4)70-95-99(87,88)93-66-75(82)67-94-100(89,90)96-71-77(69-92-79(84)63-56-49-44-43-47-54-61-74(7)9-2)98-81(86)65-58-51-42-37-32-31-34-39-46-53-60-73(5)6/h72-77,82H,8-71H2,1-7H3,(H,87,88)(H,89,90)/t74?,75-,76-,77-/m1/s1. The Kier molecular flexibility index (Phi) is 69.9. The summed E-state index contributed by atoms with van der Waals surface area (Å²) >= 11 is 0. The summed E-state index contributed by atoms with van der Waals surface area (Å²) in [6.45, 7) is 11.9. The molecule has 17 nitrogen and oxygen atoms in total. The number of phosphoric acid groups is 2. The molecule has 594 valence electrons. The maximum Gasteiger partial charge on any atom is 0.472 e. The third kappa shape index (κ3) is 73.0. The number of carbonyl (C=O) groups is 4. The maximum atomic E-state index is 13.1. The monoisotopic (exact) mass is 1470 g/mol. The van der Waals surface area contributed by atoms with Crippen molar-refractivity contribution in [2.24, 2.45) is 17.8 Å². The van der Waals surface area contributed by atoms with Gasteiger partial charge in [0.2, 0.25) is 0 Å². The Bertz CT molecular complexity index is 1940. The number of ether oxygens (including phenoxy) is 4. The van der Waals surface area contributed by atoms with Crippen LogP contribution in [0.1, 0.15) is 421 Å². The molecule has 0 saturated heterocycles. The van der Waals surface area contributed by atoms with Crippen molar-refractivity contribution in [2.45, 2.75) is 439 Å². The summed E-state index contributed by atoms with van der Waals surface area (Å²) in [7, 11) is -9.92. The first-order valence-electron chi connectivity index (χ1n) is 41.9. The van der Waals surface area contributed by atoms with Gasteiger partial charge in [-0.3, -0.25) is 37.3 Å². The lowest BCUT2D eigenvalue weighted by atomic mass is 10.00. The van der Waals surface area contributed by atoms with Crippen LogP contribution in [0.15, 0.2) is 0 Å². The Labute approximate surface area is 613 Å². The lowest BCUT2D eigenvalue weighted by molar-refractivity contribution is -0.161. The van der Waals surface area contributed by atoms with Gasteiger partial charge in [0.05, 0.1) is 26.4 Å². The first kappa shape index (κ1) is 98.1. The molecule has 0 aromatic heterocycles. The number of rotatable bonds is 79. The van der Waals surface area contributed by atoms with Crippen LogP contribution < -0.4 is 0 Å². The second-order valence-corrected chi connectivity index (χ2v) is 33.3. The molecule has 0 aliphatic carbocycles. The molecule has 3 unspecified atom stereocenters. The summed E-state index contributed by atoms with van der Waals surface area (Å²) in [5.41, 5.74) is 0. The van der Waals surface area contributed by atoms with Gasteiger partial charge in [0, 0.05) is 25.7 Å². The molecule has 0 bridgehead atoms. The number of aliphatic hydroxyl groups is 1. The second kappa shape index (κ2) is 71.3. The van der Waals surface area contributed by atoms with Crippen LogP contribution >= 0.6 is 15.6 Å². The molecule has 19 heteroatoms. The van der Waals surface area contributed by atoms with Crippen molar-refractivity contribution in [1.82, 2.24) is 0 Å². The Hall–Kier alpha value is -1.94. The Morgan fingerprint density at radius 3 is 0.760 bits per heavy atom. The van der Waals surface area contributed by atoms with Gasteiger partial charge in [0.1, 0.15) is 19.3 Å². The van der Waals surface area contributed by atoms with E-state index < -0.39 is 97.5 Å². The molecule has 0 amide bonds. The summed E-state index contributed by atoms with van der Waals surface area (Å²) in [5.74, 6) is 0.191. The smallest absolute Gasteiger partial charge is 0.462 e. The van der Waals surface area contributed by atoms with Crippen molar-refractivity contribution < 1.29 is 80.2 Å². The van der Waals surface area contributed by atoms with Crippen molar-refractivity contribution in [3.63, 3.8) is 0 Å². The minimum Gasteiger partial charge on any atom is -0.462 e. The molecule has 0 fully saturated rings. The van der Waals surface area contributed by atoms with Crippen molar-refractivity contribution in [1.29, 1.82) is 0 Å². The van der Waals surface area contributed by atoms with Gasteiger partial charge in [0.15, 0.2) is 12.2 Å². The largest absolute Gasteiger partial charge is 0.472 e. The molecule has 0 aliphatic rings. The van der Waals surface area contributed by atoms with Gasteiger partial charge in [-0.1, -0.05) is 370 Å². The molecular weight excluding hydrogens is 1310 g/mol. The van der Waals surface area contributed by atoms with E-state index in [2.05, 4.69) is 48.5 Å². The van der Waals surface area contributed by atoms with E-state index in [1.54, 1.807) is 0 Å². The van der Waals surface area contributed by atoms with E-state index in [0.717, 1.165) is 114 Å². The van der Waals surface area contributed by atoms with E-state index in [0.29, 0.717) is 25.7 Å². The maximum absolute atomic E-state index is 13.1. The first-order valence-corrected chi connectivity index (χ1v) is 44.9. The van der Waals surface area contributed by atoms with Crippen LogP contribution in [-0.4, -0.2) is 96.7 Å². The lowest BCUT2D eigenvalue weighted by Gasteiger charge is -2.21. The summed E-state index contributed by atoms with van der Waals surface area (Å²) in [4.78, 5) is 73.0. The Morgan fingerprint density at radius 1 is 0.290 bits per heavy atom. The lowest BCUT2D eigenvalue weighted by Crippen LogP contribution is -2.30. The number of carbonyl (C=O) groups excluding carboxylic acids is 4. The Morgan fingerprint density at radius 2 is 0.510 bits per heavy atom. The SMILES string of the molecule is CCCCCCCCCCCCCCCCCCC(=O)OC[C@H](COP(=O)(O)OC[C@@H](O)COP(=O)(O)OC[C@@H](COC(=O)CCCCCCCCC(C)CC)OC(=O)CCCCCCCCCCCCC(C)C)OC(=O)CCCCCCCCCCCCCCCCCCCCC(C)C. The fourth-order valence-corrected chi connectivity index (χ4v) is 14.0. The molecule has 0 heterocycles. The van der Waals surface area contributed by atoms with Gasteiger partial charge < -0.3 is 33.8 Å². The van der Waals surface area contributed by atoms with Crippen LogP contribution in [0.4, 0.5) is 0 Å². The van der Waals surface area contributed by atoms with Gasteiger partial charge in [-0.2, -0.15) is 0 Å². The van der Waals surface area contributed by atoms with Crippen LogP contribution in [0.25, 0.3) is 0 Å². The highest BCUT2D eigenvalue weighted by molar-refractivity contribution is 7.47. The van der Waals surface area contributed by atoms with Crippen LogP contribution in [0, 0.1) is 17.8 Å². The molecule has 6 atom stereocenters. The summed E-state index contributed by atoms with van der Waals surface area (Å²) in [6.07, 6.45) is 59.8. The normalized spacial score (nSPS) is 14.2. The van der Waals surface area contributed by atoms with E-state index in [9.17, 15) is 43.2 Å². The average Bonchev–Trinajstić information content (AvgIpc) is 0.965. The number of esters is 4. The van der Waals surface area contributed by atoms with Crippen LogP contribution in [0.3, 0.4) is 0 Å². The van der Waals surface area contributed by atoms with Gasteiger partial charge in [0.25, 0.3) is 0 Å². The predicted molar refractivity (Wildman–Crippen MR) is 409 cm³/mol. The van der Waals surface area contributed by atoms with Gasteiger partial charge >= 0.3 is 39.5 Å². The fraction of sp³-hybridized carbons (Fsp3) is 0.951. The zero-order valence-electron chi connectivity index (χ0n) is 65.7. The number of unbranched alkanes of at least 4 members (excludes halogenated alkanes) is 46. The third-order valence-corrected chi connectivity index (χ3v) is 21.1. The molecule has 0 spiro atoms. The van der Waals surface area contributed by atoms with E-state index in [4.69, 9.17) is 37.0 Å². The topological polar surface area (TPSA) is 237 Å². The van der Waals surface area contributed by atoms with E-state index >= 15 is 0 Å². The highest BCUT2D eigenvalue weighted by atomic mass is 31.2. The summed E-state index contributed by atoms with van der Waals surface area (Å²) < 4.78 is 68.7. The van der Waals surface area contributed by atoms with Crippen molar-refractivity contribution >= 4 is 39.5 Å². The second-order valence-electron chi connectivity index (χ2n) is 30.4. The molecule has 0 rings (SSSR count). The molecule has 0 saturated carbocycles. The number of hydrogen-bond donors (Lipinski definition) is 3. The van der Waals surface area contributed by atoms with Crippen molar-refractivity contribution in [2.75, 3.05) is 39.6 Å². The highest BCUT2D eigenvalue weighted by Crippen LogP contribution is 2.45. The van der Waals surface area contributed by atoms with Crippen LogP contribution in [-0.2, 0) is 65.4 Å². The average molecular weight is 1470 g/mol. The summed E-state index contributed by atoms with van der Waals surface area (Å²) in [6, 6.07) is 0. The number of aliphatic hydroxyl groups excluding tert-OH is 1. The number of hydrogen-bond acceptors (Lipinski definition) is 15. The molecule has 0 aromatic carbocycles. The van der Waals surface area contributed by atoms with Crippen molar-refractivity contribution in [3.8, 4) is 0 Å². The van der Waals surface area contributed by atoms with Crippen LogP contribution in [0.5, 0.6) is 0 Å². The molecule has 0 aromatic rings. The minimum absolute atomic E-state index is 0.105. The molecular formula is C81H158O17P2. The van der Waals surface area contributed by atoms with E-state index in [1.165, 1.54) is 225 Å². The molecule has 0 radical (unpaired) electrons. The van der Waals surface area contributed by atoms with Gasteiger partial charge in [-0.15, -0.1) is 0 Å². The quantitative estimate of drug-likeness (QED) is 0.0222. The Balaban J connectivity index is 5.23. The van der Waals surface area contributed by atoms with Crippen LogP contribution in [0.2, 0.25) is 0 Å². The molecule has 3 N–H and O–H groups in total. The number of phosphoric ester groups is 2. The predicted octanol–water partition coefficient (Wildman–Crippen LogP) is 24.1. The zero-order chi connectivity index (χ0) is 73.7. The van der Waals surface area contributed by atoms with Gasteiger partial charge in [-0.25, -0.2) is 9.13 Å². The third-order valence-electron chi connectivity index (χ3n) is 19.2. The van der Waals surface area contributed by atoms with Crippen molar-refractivity contribution in [3.05, 3.63) is 0 Å². The van der Waals surface area contributed by atoms with Gasteiger partial charge in [-0.05, 0) is 43.4 Å². The molecule has 100 heavy (non-hydrogen) atoms. The fourth-order valence-electron chi connectivity index (χ4n) is 12.5. The zero-order valence-corrected chi connectivity index (χ0v) is 67.5. The highest BCUT2D eigenvalue weighted by Gasteiger charge is 2.30.